The van der Waals surface area contributed by atoms with Crippen LogP contribution in [0.4, 0.5) is 14.6 Å². The summed E-state index contributed by atoms with van der Waals surface area (Å²) < 4.78 is 37.8. The van der Waals surface area contributed by atoms with Gasteiger partial charge < -0.3 is 26.2 Å². The molecule has 0 unspecified atom stereocenters. The van der Waals surface area contributed by atoms with E-state index in [0.29, 0.717) is 26.0 Å². The van der Waals surface area contributed by atoms with Crippen molar-refractivity contribution in [2.75, 3.05) is 18.5 Å². The lowest BCUT2D eigenvalue weighted by Gasteiger charge is -2.41. The Morgan fingerprint density at radius 3 is 2.47 bits per heavy atom. The summed E-state index contributed by atoms with van der Waals surface area (Å²) in [6.45, 7) is 12.4. The van der Waals surface area contributed by atoms with Crippen LogP contribution in [0.2, 0.25) is 10.0 Å². The van der Waals surface area contributed by atoms with Crippen LogP contribution in [-0.4, -0.2) is 51.7 Å². The Bertz CT molecular complexity index is 1440. The molecule has 3 rings (SSSR count). The van der Waals surface area contributed by atoms with Gasteiger partial charge in [0.05, 0.1) is 28.7 Å². The van der Waals surface area contributed by atoms with Crippen molar-refractivity contribution in [3.63, 3.8) is 0 Å². The van der Waals surface area contributed by atoms with E-state index in [2.05, 4.69) is 15.7 Å². The zero-order valence-electron chi connectivity index (χ0n) is 26.8. The summed E-state index contributed by atoms with van der Waals surface area (Å²) in [5.41, 5.74) is 5.19. The third kappa shape index (κ3) is 10.7. The zero-order chi connectivity index (χ0) is 33.6. The van der Waals surface area contributed by atoms with Gasteiger partial charge in [0.1, 0.15) is 11.6 Å². The number of anilines is 1. The van der Waals surface area contributed by atoms with Gasteiger partial charge in [-0.25, -0.2) is 8.78 Å². The number of halogens is 4. The molecule has 3 aromatic rings. The molecule has 1 heterocycles. The second-order valence-corrected chi connectivity index (χ2v) is 14.3. The Morgan fingerprint density at radius 1 is 1.11 bits per heavy atom. The minimum atomic E-state index is -1.30. The molecule has 0 spiro atoms. The van der Waals surface area contributed by atoms with Crippen molar-refractivity contribution in [2.24, 2.45) is 11.1 Å². The topological polar surface area (TPSA) is 114 Å². The van der Waals surface area contributed by atoms with Gasteiger partial charge in [-0.1, -0.05) is 62.2 Å². The van der Waals surface area contributed by atoms with Gasteiger partial charge in [-0.05, 0) is 69.2 Å². The number of carbonyl (C=O) groups excluding carboxylic acids is 1. The number of aliphatic hydroxyl groups is 1. The number of benzene rings is 2. The van der Waals surface area contributed by atoms with Crippen LogP contribution in [0.15, 0.2) is 48.7 Å². The highest BCUT2D eigenvalue weighted by molar-refractivity contribution is 6.31. The number of ether oxygens (including phenoxy) is 1. The van der Waals surface area contributed by atoms with Gasteiger partial charge >= 0.3 is 0 Å². The molecule has 0 aliphatic heterocycles. The number of nitrogens with zero attached hydrogens (tertiary/aromatic N) is 2. The van der Waals surface area contributed by atoms with Crippen molar-refractivity contribution >= 4 is 34.9 Å². The molecule has 0 saturated heterocycles. The molecular weight excluding hydrogens is 623 g/mol. The largest absolute Gasteiger partial charge is 0.396 e. The van der Waals surface area contributed by atoms with Crippen LogP contribution in [0.5, 0.6) is 0 Å². The Labute approximate surface area is 274 Å². The highest BCUT2D eigenvalue weighted by atomic mass is 35.5. The number of carbonyl (C=O) groups is 1. The molecule has 8 nitrogen and oxygen atoms in total. The number of nitrogens with two attached hydrogens (primary N) is 1. The van der Waals surface area contributed by atoms with Crippen LogP contribution < -0.4 is 16.4 Å². The third-order valence-corrected chi connectivity index (χ3v) is 7.98. The van der Waals surface area contributed by atoms with Gasteiger partial charge in [0, 0.05) is 42.1 Å². The predicted octanol–water partition coefficient (Wildman–Crippen LogP) is 6.46. The number of aromatic nitrogens is 2. The van der Waals surface area contributed by atoms with Gasteiger partial charge in [0.15, 0.2) is 5.82 Å². The molecule has 5 N–H and O–H groups in total. The van der Waals surface area contributed by atoms with Crippen molar-refractivity contribution in [1.82, 2.24) is 15.1 Å². The fourth-order valence-electron chi connectivity index (χ4n) is 5.15. The summed E-state index contributed by atoms with van der Waals surface area (Å²) in [7, 11) is 0. The van der Waals surface area contributed by atoms with Crippen LogP contribution in [0, 0.1) is 17.0 Å². The van der Waals surface area contributed by atoms with Gasteiger partial charge in [0.2, 0.25) is 5.91 Å². The van der Waals surface area contributed by atoms with E-state index in [1.54, 1.807) is 48.1 Å². The molecule has 0 radical (unpaired) electrons. The van der Waals surface area contributed by atoms with E-state index in [-0.39, 0.29) is 45.4 Å². The van der Waals surface area contributed by atoms with Crippen molar-refractivity contribution in [1.29, 1.82) is 0 Å². The van der Waals surface area contributed by atoms with Crippen molar-refractivity contribution in [2.45, 2.75) is 90.6 Å². The quantitative estimate of drug-likeness (QED) is 0.138. The van der Waals surface area contributed by atoms with Crippen LogP contribution in [0.25, 0.3) is 0 Å². The Hall–Kier alpha value is -2.60. The number of hydrogen-bond acceptors (Lipinski definition) is 6. The third-order valence-electron chi connectivity index (χ3n) is 7.46. The monoisotopic (exact) mass is 667 g/mol. The first-order valence-electron chi connectivity index (χ1n) is 14.9. The molecule has 0 fully saturated rings. The normalized spacial score (nSPS) is 15.0. The molecule has 2 aromatic carbocycles. The van der Waals surface area contributed by atoms with Crippen LogP contribution in [-0.2, 0) is 28.0 Å². The van der Waals surface area contributed by atoms with E-state index in [4.69, 9.17) is 38.8 Å². The molecule has 1 aromatic heterocycles. The highest BCUT2D eigenvalue weighted by Gasteiger charge is 2.39. The second-order valence-electron chi connectivity index (χ2n) is 13.4. The summed E-state index contributed by atoms with van der Waals surface area (Å²) in [6, 6.07) is 8.95. The molecule has 0 bridgehead atoms. The van der Waals surface area contributed by atoms with E-state index < -0.39 is 40.8 Å². The molecule has 1 amide bonds. The Balaban J connectivity index is 1.93. The first kappa shape index (κ1) is 36.9. The Morgan fingerprint density at radius 2 is 1.82 bits per heavy atom. The smallest absolute Gasteiger partial charge is 0.243 e. The Kier molecular flexibility index (Phi) is 12.6. The van der Waals surface area contributed by atoms with Crippen molar-refractivity contribution in [3.8, 4) is 0 Å². The summed E-state index contributed by atoms with van der Waals surface area (Å²) in [5, 5.41) is 19.9. The van der Waals surface area contributed by atoms with Crippen LogP contribution in [0.1, 0.15) is 65.5 Å². The number of rotatable bonds is 15. The first-order chi connectivity index (χ1) is 20.9. The van der Waals surface area contributed by atoms with Crippen molar-refractivity contribution < 1.29 is 23.4 Å². The van der Waals surface area contributed by atoms with Crippen LogP contribution in [0.3, 0.4) is 0 Å². The van der Waals surface area contributed by atoms with Gasteiger partial charge in [-0.2, -0.15) is 5.10 Å². The van der Waals surface area contributed by atoms with E-state index in [9.17, 15) is 4.79 Å². The molecule has 0 saturated carbocycles. The molecule has 12 heteroatoms. The highest BCUT2D eigenvalue weighted by Crippen LogP contribution is 2.34. The maximum atomic E-state index is 15.2. The zero-order valence-corrected chi connectivity index (χ0v) is 28.3. The SMILES string of the molecule is CC(C)(C)C[C@H](N[C@H](Cc1cccc(Cl)c1F)C(=O)Nc1ccn(CC(C)(C)OCCCO)n1)[C@](C)(N)c1ccc(Cl)cc1F. The maximum Gasteiger partial charge on any atom is 0.243 e. The number of amides is 1. The maximum absolute atomic E-state index is 15.2. The minimum Gasteiger partial charge on any atom is -0.396 e. The summed E-state index contributed by atoms with van der Waals surface area (Å²) >= 11 is 12.1. The van der Waals surface area contributed by atoms with Crippen LogP contribution >= 0.6 is 23.2 Å². The molecule has 0 aliphatic carbocycles. The van der Waals surface area contributed by atoms with E-state index in [0.717, 1.165) is 0 Å². The standard InChI is InChI=1S/C33H45Cl2F2N5O3/c1-31(2,3)19-27(33(6,38)23-12-11-22(34)18-25(23)36)39-26(17-21-9-7-10-24(35)29(21)37)30(44)40-28-13-14-42(41-28)20-32(4,5)45-16-8-15-43/h7,9-14,18,26-27,39,43H,8,15-17,19-20,38H2,1-6H3,(H,40,41,44)/t26-,27+,33-/m1/s1. The minimum absolute atomic E-state index is 0.0386. The average Bonchev–Trinajstić information content (AvgIpc) is 3.34. The van der Waals surface area contributed by atoms with E-state index in [1.165, 1.54) is 12.1 Å². The molecule has 45 heavy (non-hydrogen) atoms. The van der Waals surface area contributed by atoms with E-state index >= 15 is 8.78 Å². The van der Waals surface area contributed by atoms with Gasteiger partial charge in [-0.3, -0.25) is 9.48 Å². The number of nitrogens with one attached hydrogen (secondary N) is 2. The lowest BCUT2D eigenvalue weighted by Crippen LogP contribution is -2.59. The average molecular weight is 669 g/mol. The summed E-state index contributed by atoms with van der Waals surface area (Å²) in [4.78, 5) is 13.9. The summed E-state index contributed by atoms with van der Waals surface area (Å²) in [5.74, 6) is -1.39. The first-order valence-corrected chi connectivity index (χ1v) is 15.7. The van der Waals surface area contributed by atoms with Gasteiger partial charge in [-0.15, -0.1) is 0 Å². The fourth-order valence-corrected chi connectivity index (χ4v) is 5.50. The fraction of sp³-hybridized carbons (Fsp3) is 0.515. The van der Waals surface area contributed by atoms with Gasteiger partial charge in [0.25, 0.3) is 0 Å². The second kappa shape index (κ2) is 15.3. The number of hydrogen-bond donors (Lipinski definition) is 4. The van der Waals surface area contributed by atoms with E-state index in [1.807, 2.05) is 34.6 Å². The molecule has 3 atom stereocenters. The molecule has 0 aliphatic rings. The molecular formula is C33H45Cl2F2N5O3. The summed E-state index contributed by atoms with van der Waals surface area (Å²) in [6.07, 6.45) is 2.62. The predicted molar refractivity (Wildman–Crippen MR) is 175 cm³/mol. The lowest BCUT2D eigenvalue weighted by molar-refractivity contribution is -0.118. The lowest BCUT2D eigenvalue weighted by atomic mass is 9.76. The molecule has 248 valence electrons. The van der Waals surface area contributed by atoms with Crippen molar-refractivity contribution in [3.05, 3.63) is 81.5 Å². The number of aliphatic hydroxyl groups excluding tert-OH is 1.